The van der Waals surface area contributed by atoms with Gasteiger partial charge in [0.1, 0.15) is 0 Å². The summed E-state index contributed by atoms with van der Waals surface area (Å²) in [6, 6.07) is 0.867. The lowest BCUT2D eigenvalue weighted by atomic mass is 9.77. The van der Waals surface area contributed by atoms with Crippen LogP contribution in [0.4, 0.5) is 0 Å². The van der Waals surface area contributed by atoms with E-state index in [4.69, 9.17) is 5.73 Å². The standard InChI is InChI=1S/C15H28N2O/c1-10-7-8-14(16)13(9-10)15(18)17-11(2)5-4-6-12(17)3/h10-14H,4-9,16H2,1-3H3/t10?,11-,12+,13?,14?. The molecular formula is C15H28N2O. The van der Waals surface area contributed by atoms with Gasteiger partial charge in [-0.3, -0.25) is 4.79 Å². The van der Waals surface area contributed by atoms with Crippen molar-refractivity contribution in [3.63, 3.8) is 0 Å². The van der Waals surface area contributed by atoms with Crippen LogP contribution in [0, 0.1) is 11.8 Å². The van der Waals surface area contributed by atoms with E-state index >= 15 is 0 Å². The molecule has 2 fully saturated rings. The summed E-state index contributed by atoms with van der Waals surface area (Å²) in [6.45, 7) is 6.62. The normalized spacial score (nSPS) is 41.8. The van der Waals surface area contributed by atoms with Gasteiger partial charge in [-0.15, -0.1) is 0 Å². The SMILES string of the molecule is CC1CCC(N)C(C(=O)N2[C@H](C)CCC[C@@H]2C)C1. The van der Waals surface area contributed by atoms with Gasteiger partial charge in [0.05, 0.1) is 5.92 Å². The van der Waals surface area contributed by atoms with Crippen LogP contribution in [0.1, 0.15) is 59.3 Å². The highest BCUT2D eigenvalue weighted by Gasteiger charge is 2.38. The van der Waals surface area contributed by atoms with Gasteiger partial charge in [0.25, 0.3) is 0 Å². The van der Waals surface area contributed by atoms with E-state index in [2.05, 4.69) is 25.7 Å². The summed E-state index contributed by atoms with van der Waals surface area (Å²) in [4.78, 5) is 14.9. The van der Waals surface area contributed by atoms with Crippen LogP contribution in [-0.4, -0.2) is 28.9 Å². The highest BCUT2D eigenvalue weighted by atomic mass is 16.2. The number of rotatable bonds is 1. The van der Waals surface area contributed by atoms with E-state index in [1.807, 2.05) is 0 Å². The van der Waals surface area contributed by atoms with Crippen LogP contribution in [0.3, 0.4) is 0 Å². The van der Waals surface area contributed by atoms with Crippen LogP contribution < -0.4 is 5.73 Å². The van der Waals surface area contributed by atoms with Crippen molar-refractivity contribution in [2.75, 3.05) is 0 Å². The summed E-state index contributed by atoms with van der Waals surface area (Å²) in [7, 11) is 0. The van der Waals surface area contributed by atoms with E-state index in [9.17, 15) is 4.79 Å². The lowest BCUT2D eigenvalue weighted by Gasteiger charge is -2.43. The maximum atomic E-state index is 12.8. The third-order valence-electron chi connectivity index (χ3n) is 4.93. The summed E-state index contributed by atoms with van der Waals surface area (Å²) >= 11 is 0. The Bertz CT molecular complexity index is 295. The molecule has 1 saturated carbocycles. The second-order valence-electron chi connectivity index (χ2n) is 6.56. The second kappa shape index (κ2) is 5.60. The van der Waals surface area contributed by atoms with E-state index in [1.165, 1.54) is 12.8 Å². The van der Waals surface area contributed by atoms with Gasteiger partial charge in [0.2, 0.25) is 5.91 Å². The molecule has 0 aromatic carbocycles. The Morgan fingerprint density at radius 1 is 1.06 bits per heavy atom. The summed E-state index contributed by atoms with van der Waals surface area (Å²) in [5.41, 5.74) is 6.19. The quantitative estimate of drug-likeness (QED) is 0.779. The number of amides is 1. The maximum Gasteiger partial charge on any atom is 0.227 e. The van der Waals surface area contributed by atoms with Crippen molar-refractivity contribution in [3.8, 4) is 0 Å². The third kappa shape index (κ3) is 2.71. The van der Waals surface area contributed by atoms with Crippen LogP contribution in [0.15, 0.2) is 0 Å². The Labute approximate surface area is 111 Å². The van der Waals surface area contributed by atoms with Gasteiger partial charge in [-0.05, 0) is 58.3 Å². The van der Waals surface area contributed by atoms with Crippen molar-refractivity contribution in [1.82, 2.24) is 4.90 Å². The summed E-state index contributed by atoms with van der Waals surface area (Å²) < 4.78 is 0. The summed E-state index contributed by atoms with van der Waals surface area (Å²) in [5, 5.41) is 0. The first-order valence-electron chi connectivity index (χ1n) is 7.58. The van der Waals surface area contributed by atoms with E-state index in [0.29, 0.717) is 23.9 Å². The van der Waals surface area contributed by atoms with Crippen LogP contribution in [-0.2, 0) is 4.79 Å². The molecular weight excluding hydrogens is 224 g/mol. The highest BCUT2D eigenvalue weighted by Crippen LogP contribution is 2.32. The van der Waals surface area contributed by atoms with Crippen molar-refractivity contribution in [3.05, 3.63) is 0 Å². The fraction of sp³-hybridized carbons (Fsp3) is 0.933. The smallest absolute Gasteiger partial charge is 0.227 e. The first-order chi connectivity index (χ1) is 8.50. The summed E-state index contributed by atoms with van der Waals surface area (Å²) in [6.07, 6.45) is 6.71. The molecule has 2 aliphatic rings. The first-order valence-corrected chi connectivity index (χ1v) is 7.58. The number of hydrogen-bond donors (Lipinski definition) is 1. The zero-order chi connectivity index (χ0) is 13.3. The van der Waals surface area contributed by atoms with E-state index in [0.717, 1.165) is 25.7 Å². The van der Waals surface area contributed by atoms with Crippen molar-refractivity contribution in [2.24, 2.45) is 17.6 Å². The van der Waals surface area contributed by atoms with Gasteiger partial charge in [-0.1, -0.05) is 6.92 Å². The van der Waals surface area contributed by atoms with Gasteiger partial charge in [0, 0.05) is 18.1 Å². The highest BCUT2D eigenvalue weighted by molar-refractivity contribution is 5.80. The zero-order valence-electron chi connectivity index (χ0n) is 12.1. The van der Waals surface area contributed by atoms with Crippen molar-refractivity contribution < 1.29 is 4.79 Å². The molecule has 2 N–H and O–H groups in total. The molecule has 3 nitrogen and oxygen atoms in total. The third-order valence-corrected chi connectivity index (χ3v) is 4.93. The van der Waals surface area contributed by atoms with Crippen LogP contribution >= 0.6 is 0 Å². The fourth-order valence-electron chi connectivity index (χ4n) is 3.74. The van der Waals surface area contributed by atoms with Crippen LogP contribution in [0.2, 0.25) is 0 Å². The van der Waals surface area contributed by atoms with E-state index in [-0.39, 0.29) is 12.0 Å². The Morgan fingerprint density at radius 2 is 1.67 bits per heavy atom. The molecule has 1 aliphatic carbocycles. The molecule has 5 atom stereocenters. The number of hydrogen-bond acceptors (Lipinski definition) is 2. The number of nitrogens with two attached hydrogens (primary N) is 1. The lowest BCUT2D eigenvalue weighted by molar-refractivity contribution is -0.144. The summed E-state index contributed by atoms with van der Waals surface area (Å²) in [5.74, 6) is 1.04. The molecule has 1 aliphatic heterocycles. The van der Waals surface area contributed by atoms with Gasteiger partial charge in [-0.25, -0.2) is 0 Å². The Kier molecular flexibility index (Phi) is 4.31. The number of carbonyl (C=O) groups is 1. The van der Waals surface area contributed by atoms with Crippen molar-refractivity contribution in [1.29, 1.82) is 0 Å². The molecule has 3 heteroatoms. The Morgan fingerprint density at radius 3 is 2.28 bits per heavy atom. The average Bonchev–Trinajstić information content (AvgIpc) is 2.32. The molecule has 1 amide bonds. The molecule has 0 bridgehead atoms. The maximum absolute atomic E-state index is 12.8. The Hall–Kier alpha value is -0.570. The number of nitrogens with zero attached hydrogens (tertiary/aromatic N) is 1. The minimum atomic E-state index is 0.0664. The molecule has 0 spiro atoms. The zero-order valence-corrected chi connectivity index (χ0v) is 12.1. The molecule has 3 unspecified atom stereocenters. The topological polar surface area (TPSA) is 46.3 Å². The molecule has 1 saturated heterocycles. The number of carbonyl (C=O) groups excluding carboxylic acids is 1. The number of likely N-dealkylation sites (tertiary alicyclic amines) is 1. The van der Waals surface area contributed by atoms with Gasteiger partial charge >= 0.3 is 0 Å². The minimum Gasteiger partial charge on any atom is -0.337 e. The van der Waals surface area contributed by atoms with Gasteiger partial charge in [-0.2, -0.15) is 0 Å². The second-order valence-corrected chi connectivity index (χ2v) is 6.56. The molecule has 2 rings (SSSR count). The van der Waals surface area contributed by atoms with Crippen molar-refractivity contribution in [2.45, 2.75) is 77.4 Å². The van der Waals surface area contributed by atoms with E-state index < -0.39 is 0 Å². The lowest BCUT2D eigenvalue weighted by Crippen LogP contribution is -2.54. The fourth-order valence-corrected chi connectivity index (χ4v) is 3.74. The molecule has 18 heavy (non-hydrogen) atoms. The monoisotopic (exact) mass is 252 g/mol. The van der Waals surface area contributed by atoms with Crippen LogP contribution in [0.5, 0.6) is 0 Å². The predicted octanol–water partition coefficient (Wildman–Crippen LogP) is 2.54. The molecule has 0 aromatic rings. The largest absolute Gasteiger partial charge is 0.337 e. The first kappa shape index (κ1) is 13.9. The van der Waals surface area contributed by atoms with Gasteiger partial charge < -0.3 is 10.6 Å². The molecule has 0 aromatic heterocycles. The van der Waals surface area contributed by atoms with Gasteiger partial charge in [0.15, 0.2) is 0 Å². The predicted molar refractivity (Wildman–Crippen MR) is 74.1 cm³/mol. The molecule has 0 radical (unpaired) electrons. The average molecular weight is 252 g/mol. The molecule has 1 heterocycles. The number of piperidine rings is 1. The van der Waals surface area contributed by atoms with Crippen molar-refractivity contribution >= 4 is 5.91 Å². The van der Waals surface area contributed by atoms with Crippen LogP contribution in [0.25, 0.3) is 0 Å². The van der Waals surface area contributed by atoms with E-state index in [1.54, 1.807) is 0 Å². The minimum absolute atomic E-state index is 0.0664. The molecule has 104 valence electrons. The Balaban J connectivity index is 2.08.